The number of hydrogen-bond donors (Lipinski definition) is 0. The first-order chi connectivity index (χ1) is 8.25. The van der Waals surface area contributed by atoms with Crippen LogP contribution in [0.15, 0.2) is 46.8 Å². The molecule has 4 heteroatoms. The molecule has 3 rings (SSSR count). The third-order valence-corrected chi connectivity index (χ3v) is 3.66. The topological polar surface area (TPSA) is 34.9 Å². The number of fused-ring (bicyclic) bond motifs is 1. The van der Waals surface area contributed by atoms with Gasteiger partial charge in [-0.1, -0.05) is 6.07 Å². The van der Waals surface area contributed by atoms with E-state index in [2.05, 4.69) is 11.1 Å². The highest BCUT2D eigenvalue weighted by molar-refractivity contribution is 7.13. The molecule has 0 bridgehead atoms. The molecule has 0 amide bonds. The van der Waals surface area contributed by atoms with Crippen molar-refractivity contribution in [3.63, 3.8) is 0 Å². The van der Waals surface area contributed by atoms with Gasteiger partial charge in [0.25, 0.3) is 5.56 Å². The van der Waals surface area contributed by atoms with Gasteiger partial charge in [-0.25, -0.2) is 0 Å². The zero-order valence-electron chi connectivity index (χ0n) is 9.25. The lowest BCUT2D eigenvalue weighted by molar-refractivity contribution is 0.906. The lowest BCUT2D eigenvalue weighted by atomic mass is 10.1. The Bertz CT molecular complexity index is 729. The molecular formula is C13H10N2OS. The average molecular weight is 242 g/mol. The summed E-state index contributed by atoms with van der Waals surface area (Å²) in [5.74, 6) is 0. The Balaban J connectivity index is 2.28. The Morgan fingerprint density at radius 1 is 1.24 bits per heavy atom. The van der Waals surface area contributed by atoms with Crippen LogP contribution in [0.1, 0.15) is 0 Å². The minimum absolute atomic E-state index is 0.0167. The lowest BCUT2D eigenvalue weighted by Crippen LogP contribution is -2.14. The quantitative estimate of drug-likeness (QED) is 0.657. The fourth-order valence-corrected chi connectivity index (χ4v) is 2.52. The average Bonchev–Trinajstić information content (AvgIpc) is 2.87. The Morgan fingerprint density at radius 2 is 2.12 bits per heavy atom. The van der Waals surface area contributed by atoms with Crippen molar-refractivity contribution in [2.75, 3.05) is 0 Å². The van der Waals surface area contributed by atoms with Gasteiger partial charge in [-0.15, -0.1) is 11.3 Å². The summed E-state index contributed by atoms with van der Waals surface area (Å²) in [5.41, 5.74) is 3.92. The summed E-state index contributed by atoms with van der Waals surface area (Å²) in [6.07, 6.45) is 1.85. The maximum atomic E-state index is 11.5. The van der Waals surface area contributed by atoms with Crippen LogP contribution < -0.4 is 5.56 Å². The molecule has 17 heavy (non-hydrogen) atoms. The van der Waals surface area contributed by atoms with Crippen molar-refractivity contribution in [2.24, 2.45) is 7.05 Å². The van der Waals surface area contributed by atoms with E-state index in [1.165, 1.54) is 0 Å². The minimum atomic E-state index is 0.0167. The lowest BCUT2D eigenvalue weighted by Gasteiger charge is -2.05. The molecule has 0 aliphatic heterocycles. The summed E-state index contributed by atoms with van der Waals surface area (Å²) in [5, 5.41) is 1.07. The van der Waals surface area contributed by atoms with Crippen LogP contribution in [-0.2, 0) is 7.05 Å². The van der Waals surface area contributed by atoms with Gasteiger partial charge in [0.05, 0.1) is 15.9 Å². The monoisotopic (exact) mass is 242 g/mol. The summed E-state index contributed by atoms with van der Waals surface area (Å²) in [4.78, 5) is 16.7. The van der Waals surface area contributed by atoms with Crippen molar-refractivity contribution in [3.05, 3.63) is 52.4 Å². The standard InChI is InChI=1S/C13H10N2OS/c1-15-11-4-2-10(12-7-14-8-17-12)6-9(11)3-5-13(15)16/h2-8H,1H3. The van der Waals surface area contributed by atoms with Crippen LogP contribution in [0, 0.1) is 0 Å². The van der Waals surface area contributed by atoms with Crippen molar-refractivity contribution >= 4 is 22.2 Å². The fourth-order valence-electron chi connectivity index (χ4n) is 1.90. The molecule has 0 aliphatic carbocycles. The molecule has 2 heterocycles. The summed E-state index contributed by atoms with van der Waals surface area (Å²) in [7, 11) is 1.79. The van der Waals surface area contributed by atoms with E-state index in [0.717, 1.165) is 21.3 Å². The molecule has 0 unspecified atom stereocenters. The Kier molecular flexibility index (Phi) is 2.30. The second-order valence-electron chi connectivity index (χ2n) is 3.87. The van der Waals surface area contributed by atoms with Crippen molar-refractivity contribution in [1.29, 1.82) is 0 Å². The van der Waals surface area contributed by atoms with E-state index in [-0.39, 0.29) is 5.56 Å². The van der Waals surface area contributed by atoms with Gasteiger partial charge in [0.1, 0.15) is 0 Å². The van der Waals surface area contributed by atoms with Crippen LogP contribution in [0.2, 0.25) is 0 Å². The molecular weight excluding hydrogens is 232 g/mol. The fraction of sp³-hybridized carbons (Fsp3) is 0.0769. The molecule has 3 nitrogen and oxygen atoms in total. The Labute approximate surface area is 102 Å². The summed E-state index contributed by atoms with van der Waals surface area (Å²) >= 11 is 1.61. The van der Waals surface area contributed by atoms with Crippen LogP contribution in [0.4, 0.5) is 0 Å². The molecule has 0 atom stereocenters. The van der Waals surface area contributed by atoms with Crippen LogP contribution in [0.3, 0.4) is 0 Å². The molecule has 0 spiro atoms. The van der Waals surface area contributed by atoms with Gasteiger partial charge in [-0.05, 0) is 29.1 Å². The molecule has 84 valence electrons. The number of benzene rings is 1. The minimum Gasteiger partial charge on any atom is -0.311 e. The van der Waals surface area contributed by atoms with Gasteiger partial charge in [0.2, 0.25) is 0 Å². The highest BCUT2D eigenvalue weighted by Gasteiger charge is 2.03. The number of nitrogens with zero attached hydrogens (tertiary/aromatic N) is 2. The van der Waals surface area contributed by atoms with Crippen LogP contribution >= 0.6 is 11.3 Å². The SMILES string of the molecule is Cn1c(=O)ccc2cc(-c3cncs3)ccc21. The second kappa shape index (κ2) is 3.82. The molecule has 3 aromatic rings. The van der Waals surface area contributed by atoms with Crippen LogP contribution in [0.5, 0.6) is 0 Å². The maximum Gasteiger partial charge on any atom is 0.250 e. The normalized spacial score (nSPS) is 10.9. The van der Waals surface area contributed by atoms with Gasteiger partial charge in [-0.2, -0.15) is 0 Å². The maximum absolute atomic E-state index is 11.5. The van der Waals surface area contributed by atoms with E-state index in [0.29, 0.717) is 0 Å². The highest BCUT2D eigenvalue weighted by Crippen LogP contribution is 2.26. The second-order valence-corrected chi connectivity index (χ2v) is 4.76. The highest BCUT2D eigenvalue weighted by atomic mass is 32.1. The Hall–Kier alpha value is -1.94. The molecule has 0 N–H and O–H groups in total. The third-order valence-electron chi connectivity index (χ3n) is 2.84. The third kappa shape index (κ3) is 1.66. The number of rotatable bonds is 1. The smallest absolute Gasteiger partial charge is 0.250 e. The molecule has 0 radical (unpaired) electrons. The van der Waals surface area contributed by atoms with Gasteiger partial charge < -0.3 is 4.57 Å². The number of thiazole rings is 1. The van der Waals surface area contributed by atoms with Gasteiger partial charge in [0.15, 0.2) is 0 Å². The van der Waals surface area contributed by atoms with E-state index in [1.54, 1.807) is 29.0 Å². The molecule has 0 fully saturated rings. The molecule has 2 aromatic heterocycles. The van der Waals surface area contributed by atoms with Gasteiger partial charge >= 0.3 is 0 Å². The van der Waals surface area contributed by atoms with E-state index in [4.69, 9.17) is 0 Å². The molecule has 0 saturated carbocycles. The zero-order chi connectivity index (χ0) is 11.8. The van der Waals surface area contributed by atoms with E-state index in [9.17, 15) is 4.79 Å². The van der Waals surface area contributed by atoms with E-state index in [1.807, 2.05) is 29.9 Å². The van der Waals surface area contributed by atoms with Gasteiger partial charge in [0, 0.05) is 19.3 Å². The summed E-state index contributed by atoms with van der Waals surface area (Å²) in [6, 6.07) is 9.55. The number of pyridine rings is 1. The van der Waals surface area contributed by atoms with Crippen molar-refractivity contribution in [3.8, 4) is 10.4 Å². The summed E-state index contributed by atoms with van der Waals surface area (Å²) in [6.45, 7) is 0. The molecule has 0 aliphatic rings. The van der Waals surface area contributed by atoms with Crippen molar-refractivity contribution in [2.45, 2.75) is 0 Å². The molecule has 1 aromatic carbocycles. The van der Waals surface area contributed by atoms with E-state index >= 15 is 0 Å². The number of aryl methyl sites for hydroxylation is 1. The van der Waals surface area contributed by atoms with Crippen LogP contribution in [-0.4, -0.2) is 9.55 Å². The number of aromatic nitrogens is 2. The predicted octanol–water partition coefficient (Wildman–Crippen LogP) is 2.66. The molecule has 0 saturated heterocycles. The van der Waals surface area contributed by atoms with Crippen molar-refractivity contribution in [1.82, 2.24) is 9.55 Å². The predicted molar refractivity (Wildman–Crippen MR) is 70.3 cm³/mol. The van der Waals surface area contributed by atoms with Crippen molar-refractivity contribution < 1.29 is 0 Å². The Morgan fingerprint density at radius 3 is 2.88 bits per heavy atom. The largest absolute Gasteiger partial charge is 0.311 e. The number of hydrogen-bond acceptors (Lipinski definition) is 3. The first-order valence-corrected chi connectivity index (χ1v) is 6.12. The first-order valence-electron chi connectivity index (χ1n) is 5.24. The van der Waals surface area contributed by atoms with Crippen LogP contribution in [0.25, 0.3) is 21.3 Å². The van der Waals surface area contributed by atoms with Gasteiger partial charge in [-0.3, -0.25) is 9.78 Å². The zero-order valence-corrected chi connectivity index (χ0v) is 10.1. The first kappa shape index (κ1) is 10.2. The van der Waals surface area contributed by atoms with E-state index < -0.39 is 0 Å². The summed E-state index contributed by atoms with van der Waals surface area (Å²) < 4.78 is 1.66.